The van der Waals surface area contributed by atoms with E-state index < -0.39 is 17.6 Å². The topological polar surface area (TPSA) is 37.8 Å². The molecule has 0 aliphatic rings. The average Bonchev–Trinajstić information content (AvgIpc) is 2.40. The zero-order valence-corrected chi connectivity index (χ0v) is 13.2. The smallest absolute Gasteiger partial charge is 0.372 e. The third-order valence-electron chi connectivity index (χ3n) is 2.74. The van der Waals surface area contributed by atoms with Crippen LogP contribution in [0.1, 0.15) is 11.3 Å². The Morgan fingerprint density at radius 1 is 1.14 bits per heavy atom. The summed E-state index contributed by atoms with van der Waals surface area (Å²) in [7, 11) is 1.64. The van der Waals surface area contributed by atoms with E-state index in [0.717, 1.165) is 15.7 Å². The van der Waals surface area contributed by atoms with Crippen molar-refractivity contribution < 1.29 is 17.6 Å². The fraction of sp³-hybridized carbons (Fsp3) is 0.231. The van der Waals surface area contributed by atoms with E-state index in [1.807, 2.05) is 22.6 Å². The quantitative estimate of drug-likeness (QED) is 0.593. The first kappa shape index (κ1) is 15.9. The van der Waals surface area contributed by atoms with Crippen molar-refractivity contribution in [2.45, 2.75) is 13.1 Å². The highest BCUT2D eigenvalue weighted by molar-refractivity contribution is 14.1. The van der Waals surface area contributed by atoms with E-state index in [-0.39, 0.29) is 11.4 Å². The van der Waals surface area contributed by atoms with Crippen molar-refractivity contribution in [1.29, 1.82) is 0 Å². The summed E-state index contributed by atoms with van der Waals surface area (Å²) in [5, 5.41) is 2.83. The molecule has 0 atom stereocenters. The third kappa shape index (κ3) is 3.42. The number of nitrogens with zero attached hydrogens (tertiary/aromatic N) is 2. The van der Waals surface area contributed by atoms with E-state index in [1.165, 1.54) is 0 Å². The van der Waals surface area contributed by atoms with Gasteiger partial charge in [0.2, 0.25) is 0 Å². The summed E-state index contributed by atoms with van der Waals surface area (Å²) >= 11 is 2.03. The molecule has 2 aromatic rings. The van der Waals surface area contributed by atoms with Gasteiger partial charge in [0.15, 0.2) is 5.82 Å². The van der Waals surface area contributed by atoms with E-state index in [1.54, 1.807) is 14.0 Å². The van der Waals surface area contributed by atoms with Gasteiger partial charge >= 0.3 is 6.18 Å². The Labute approximate surface area is 131 Å². The van der Waals surface area contributed by atoms with Crippen molar-refractivity contribution in [2.75, 3.05) is 12.4 Å². The third-order valence-corrected chi connectivity index (χ3v) is 4.03. The number of hydrogen-bond acceptors (Lipinski definition) is 3. The molecule has 0 amide bonds. The fourth-order valence-corrected chi connectivity index (χ4v) is 2.25. The monoisotopic (exact) mass is 411 g/mol. The van der Waals surface area contributed by atoms with Crippen molar-refractivity contribution in [3.8, 4) is 11.4 Å². The molecular formula is C13H10F4IN3. The fourth-order valence-electron chi connectivity index (χ4n) is 1.74. The molecule has 0 aliphatic heterocycles. The summed E-state index contributed by atoms with van der Waals surface area (Å²) in [5.41, 5.74) is -0.482. The lowest BCUT2D eigenvalue weighted by Crippen LogP contribution is -2.07. The average molecular weight is 411 g/mol. The van der Waals surface area contributed by atoms with Crippen LogP contribution in [0.15, 0.2) is 18.2 Å². The maximum atomic E-state index is 13.4. The molecule has 0 fully saturated rings. The summed E-state index contributed by atoms with van der Waals surface area (Å²) in [4.78, 5) is 8.25. The molecule has 1 heterocycles. The van der Waals surface area contributed by atoms with Gasteiger partial charge in [-0.25, -0.2) is 14.4 Å². The second-order valence-electron chi connectivity index (χ2n) is 4.27. The molecule has 8 heteroatoms. The molecule has 0 saturated heterocycles. The normalized spacial score (nSPS) is 11.6. The van der Waals surface area contributed by atoms with Crippen LogP contribution in [-0.4, -0.2) is 17.0 Å². The molecule has 0 unspecified atom stereocenters. The van der Waals surface area contributed by atoms with E-state index in [4.69, 9.17) is 0 Å². The van der Waals surface area contributed by atoms with Crippen molar-refractivity contribution in [3.05, 3.63) is 38.8 Å². The molecule has 0 bridgehead atoms. The molecular weight excluding hydrogens is 401 g/mol. The van der Waals surface area contributed by atoms with Crippen LogP contribution in [-0.2, 0) is 6.18 Å². The maximum Gasteiger partial charge on any atom is 0.416 e. The van der Waals surface area contributed by atoms with Crippen molar-refractivity contribution in [1.82, 2.24) is 9.97 Å². The van der Waals surface area contributed by atoms with Gasteiger partial charge in [-0.2, -0.15) is 13.2 Å². The minimum atomic E-state index is -4.62. The molecule has 1 aromatic carbocycles. The molecule has 2 rings (SSSR count). The minimum absolute atomic E-state index is 0.0154. The number of nitrogens with one attached hydrogen (secondary N) is 1. The maximum absolute atomic E-state index is 13.4. The standard InChI is InChI=1S/C13H10F4IN3/c1-6-10(18)12(19-2)21-11(20-6)7-3-8(13(15,16)17)5-9(14)4-7/h3-5H,1-2H3,(H,19,20,21). The highest BCUT2D eigenvalue weighted by atomic mass is 127. The zero-order chi connectivity index (χ0) is 15.8. The predicted molar refractivity (Wildman–Crippen MR) is 79.4 cm³/mol. The Morgan fingerprint density at radius 2 is 1.81 bits per heavy atom. The summed E-state index contributed by atoms with van der Waals surface area (Å²) in [5.74, 6) is -0.455. The number of hydrogen-bond donors (Lipinski definition) is 1. The second-order valence-corrected chi connectivity index (χ2v) is 5.35. The lowest BCUT2D eigenvalue weighted by Gasteiger charge is -2.11. The number of halogens is 5. The number of alkyl halides is 3. The zero-order valence-electron chi connectivity index (χ0n) is 11.0. The SMILES string of the molecule is CNc1nc(-c2cc(F)cc(C(F)(F)F)c2)nc(C)c1I. The van der Waals surface area contributed by atoms with Crippen LogP contribution in [0.3, 0.4) is 0 Å². The summed E-state index contributed by atoms with van der Waals surface area (Å²) in [6.45, 7) is 1.71. The molecule has 0 spiro atoms. The van der Waals surface area contributed by atoms with Gasteiger partial charge in [0.25, 0.3) is 0 Å². The number of aryl methyl sites for hydroxylation is 1. The molecule has 112 valence electrons. The Kier molecular flexibility index (Phi) is 4.35. The number of anilines is 1. The highest BCUT2D eigenvalue weighted by Gasteiger charge is 2.31. The van der Waals surface area contributed by atoms with Crippen LogP contribution in [0.4, 0.5) is 23.4 Å². The van der Waals surface area contributed by atoms with Gasteiger partial charge in [0, 0.05) is 12.6 Å². The highest BCUT2D eigenvalue weighted by Crippen LogP contribution is 2.33. The Bertz CT molecular complexity index is 686. The van der Waals surface area contributed by atoms with Gasteiger partial charge in [-0.3, -0.25) is 0 Å². The molecule has 21 heavy (non-hydrogen) atoms. The van der Waals surface area contributed by atoms with Gasteiger partial charge in [-0.05, 0) is 47.7 Å². The molecule has 3 nitrogen and oxygen atoms in total. The van der Waals surface area contributed by atoms with Crippen molar-refractivity contribution in [2.24, 2.45) is 0 Å². The van der Waals surface area contributed by atoms with Crippen molar-refractivity contribution >= 4 is 28.4 Å². The first-order valence-corrected chi connectivity index (χ1v) is 6.90. The Balaban J connectivity index is 2.62. The van der Waals surface area contributed by atoms with Crippen molar-refractivity contribution in [3.63, 3.8) is 0 Å². The predicted octanol–water partition coefficient (Wildman–Crippen LogP) is 4.26. The van der Waals surface area contributed by atoms with Crippen LogP contribution in [0, 0.1) is 16.3 Å². The van der Waals surface area contributed by atoms with E-state index in [0.29, 0.717) is 17.6 Å². The van der Waals surface area contributed by atoms with Gasteiger partial charge in [-0.15, -0.1) is 0 Å². The summed E-state index contributed by atoms with van der Waals surface area (Å²) in [6, 6.07) is 2.27. The molecule has 0 aliphatic carbocycles. The largest absolute Gasteiger partial charge is 0.416 e. The molecule has 0 saturated carbocycles. The molecule has 1 aromatic heterocycles. The Morgan fingerprint density at radius 3 is 2.38 bits per heavy atom. The van der Waals surface area contributed by atoms with Crippen LogP contribution in [0.2, 0.25) is 0 Å². The van der Waals surface area contributed by atoms with E-state index in [2.05, 4.69) is 15.3 Å². The van der Waals surface area contributed by atoms with E-state index in [9.17, 15) is 17.6 Å². The van der Waals surface area contributed by atoms with Gasteiger partial charge < -0.3 is 5.32 Å². The number of aromatic nitrogens is 2. The number of rotatable bonds is 2. The number of benzene rings is 1. The lowest BCUT2D eigenvalue weighted by atomic mass is 10.1. The lowest BCUT2D eigenvalue weighted by molar-refractivity contribution is -0.137. The Hall–Kier alpha value is -1.45. The summed E-state index contributed by atoms with van der Waals surface area (Å²) < 4.78 is 52.4. The van der Waals surface area contributed by atoms with Gasteiger partial charge in [0.05, 0.1) is 14.8 Å². The van der Waals surface area contributed by atoms with Gasteiger partial charge in [-0.1, -0.05) is 0 Å². The van der Waals surface area contributed by atoms with E-state index >= 15 is 0 Å². The first-order chi connectivity index (χ1) is 9.72. The molecule has 1 N–H and O–H groups in total. The summed E-state index contributed by atoms with van der Waals surface area (Å²) in [6.07, 6.45) is -4.62. The van der Waals surface area contributed by atoms with Crippen LogP contribution < -0.4 is 5.32 Å². The van der Waals surface area contributed by atoms with Crippen LogP contribution in [0.25, 0.3) is 11.4 Å². The molecule has 0 radical (unpaired) electrons. The minimum Gasteiger partial charge on any atom is -0.372 e. The van der Waals surface area contributed by atoms with Gasteiger partial charge in [0.1, 0.15) is 11.6 Å². The van der Waals surface area contributed by atoms with Crippen LogP contribution in [0.5, 0.6) is 0 Å². The van der Waals surface area contributed by atoms with Crippen LogP contribution >= 0.6 is 22.6 Å². The first-order valence-electron chi connectivity index (χ1n) is 5.82. The second kappa shape index (κ2) is 5.74.